The van der Waals surface area contributed by atoms with Crippen LogP contribution in [0.1, 0.15) is 26.0 Å². The summed E-state index contributed by atoms with van der Waals surface area (Å²) >= 11 is 0. The Balaban J connectivity index is 1.45. The molecule has 0 amide bonds. The van der Waals surface area contributed by atoms with Crippen LogP contribution >= 0.6 is 0 Å². The number of nitrogens with zero attached hydrogens (tertiary/aromatic N) is 2. The third kappa shape index (κ3) is 3.82. The Bertz CT molecular complexity index is 3490. The van der Waals surface area contributed by atoms with Gasteiger partial charge in [-0.15, -0.1) is 0 Å². The summed E-state index contributed by atoms with van der Waals surface area (Å²) in [6.45, 7) is 0. The molecule has 44 heavy (non-hydrogen) atoms. The van der Waals surface area contributed by atoms with Gasteiger partial charge < -0.3 is 9.13 Å². The first-order valence-corrected chi connectivity index (χ1v) is 13.6. The molecule has 206 valence electrons. The van der Waals surface area contributed by atoms with Gasteiger partial charge in [-0.05, 0) is 76.7 Å². The first-order valence-electron chi connectivity index (χ1n) is 23.1. The van der Waals surface area contributed by atoms with E-state index in [4.69, 9.17) is 17.8 Å². The molecular weight excluding hydrogens is 532 g/mol. The Labute approximate surface area is 282 Å². The summed E-state index contributed by atoms with van der Waals surface area (Å²) in [5.41, 5.74) is -2.77. The van der Waals surface area contributed by atoms with Crippen molar-refractivity contribution in [2.75, 3.05) is 0 Å². The predicted octanol–water partition coefficient (Wildman–Crippen LogP) is 11.2. The normalized spacial score (nSPS) is 17.7. The van der Waals surface area contributed by atoms with Crippen molar-refractivity contribution >= 4 is 43.6 Å². The number of fused-ring (bicyclic) bond motifs is 6. The lowest BCUT2D eigenvalue weighted by atomic mass is 9.99. The molecule has 2 heteroatoms. The Kier molecular flexibility index (Phi) is 2.78. The molecule has 0 saturated carbocycles. The minimum Gasteiger partial charge on any atom is -0.309 e. The fourth-order valence-corrected chi connectivity index (χ4v) is 5.59. The van der Waals surface area contributed by atoms with E-state index in [9.17, 15) is 8.22 Å². The van der Waals surface area contributed by atoms with Crippen LogP contribution in [0.4, 0.5) is 0 Å². The molecule has 2 aromatic heterocycles. The zero-order valence-electron chi connectivity index (χ0n) is 41.6. The largest absolute Gasteiger partial charge is 0.309 e. The Morgan fingerprint density at radius 3 is 1.73 bits per heavy atom. The van der Waals surface area contributed by atoms with E-state index in [1.165, 1.54) is 0 Å². The second kappa shape index (κ2) is 9.86. The fraction of sp³-hybridized carbons (Fsp3) is 0. The highest BCUT2D eigenvalue weighted by Crippen LogP contribution is 2.37. The minimum atomic E-state index is -0.882. The summed E-state index contributed by atoms with van der Waals surface area (Å²) in [6, 6.07) is 1.58. The first-order chi connectivity index (χ1) is 29.8. The van der Waals surface area contributed by atoms with Gasteiger partial charge in [-0.1, -0.05) is 115 Å². The summed E-state index contributed by atoms with van der Waals surface area (Å²) in [4.78, 5) is 0. The van der Waals surface area contributed by atoms with Crippen LogP contribution in [0.5, 0.6) is 0 Å². The maximum absolute atomic E-state index is 9.78. The summed E-state index contributed by atoms with van der Waals surface area (Å²) in [7, 11) is 0. The van der Waals surface area contributed by atoms with Gasteiger partial charge in [-0.25, -0.2) is 0 Å². The fourth-order valence-electron chi connectivity index (χ4n) is 5.59. The molecule has 0 saturated heterocycles. The van der Waals surface area contributed by atoms with Gasteiger partial charge in [-0.2, -0.15) is 0 Å². The molecule has 0 aliphatic carbocycles. The molecule has 2 nitrogen and oxygen atoms in total. The summed E-state index contributed by atoms with van der Waals surface area (Å²) in [5, 5.41) is 1.05. The Hall–Kier alpha value is -5.86. The van der Waals surface area contributed by atoms with Gasteiger partial charge in [0, 0.05) is 32.9 Å². The Morgan fingerprint density at radius 2 is 0.932 bits per heavy atom. The highest BCUT2D eigenvalue weighted by Gasteiger charge is 2.16. The highest BCUT2D eigenvalue weighted by atomic mass is 15.0. The molecule has 0 bridgehead atoms. The number of rotatable bonds is 4. The lowest BCUT2D eigenvalue weighted by Crippen LogP contribution is -1.96. The average Bonchev–Trinajstić information content (AvgIpc) is 3.78. The highest BCUT2D eigenvalue weighted by molar-refractivity contribution is 6.12. The van der Waals surface area contributed by atoms with Gasteiger partial charge in [-0.3, -0.25) is 0 Å². The van der Waals surface area contributed by atoms with Gasteiger partial charge >= 0.3 is 0 Å². The lowest BCUT2D eigenvalue weighted by Gasteiger charge is -2.12. The van der Waals surface area contributed by atoms with Crippen LogP contribution in [0.2, 0.25) is 0 Å². The molecule has 2 heterocycles. The van der Waals surface area contributed by atoms with Crippen LogP contribution in [0, 0.1) is 0 Å². The van der Waals surface area contributed by atoms with Gasteiger partial charge in [0.2, 0.25) is 0 Å². The zero-order chi connectivity index (χ0) is 45.6. The average molecular weight is 580 g/mol. The molecule has 0 unspecified atom stereocenters. The van der Waals surface area contributed by atoms with Crippen molar-refractivity contribution in [2.24, 2.45) is 0 Å². The lowest BCUT2D eigenvalue weighted by molar-refractivity contribution is 1.17. The van der Waals surface area contributed by atoms with E-state index in [-0.39, 0.29) is 27.5 Å². The van der Waals surface area contributed by atoms with Crippen molar-refractivity contribution in [3.8, 4) is 33.6 Å². The van der Waals surface area contributed by atoms with Crippen molar-refractivity contribution in [3.63, 3.8) is 0 Å². The number of hydrogen-bond acceptors (Lipinski definition) is 0. The number of hydrogen-bond donors (Lipinski definition) is 0. The number of benzene rings is 7. The van der Waals surface area contributed by atoms with E-state index in [1.807, 2.05) is 24.3 Å². The van der Waals surface area contributed by atoms with E-state index in [1.54, 1.807) is 28.8 Å². The van der Waals surface area contributed by atoms with Crippen molar-refractivity contribution in [2.45, 2.75) is 0 Å². The van der Waals surface area contributed by atoms with Crippen molar-refractivity contribution in [1.82, 2.24) is 9.13 Å². The molecule has 0 atom stereocenters. The monoisotopic (exact) mass is 579 g/mol. The third-order valence-corrected chi connectivity index (χ3v) is 7.47. The Morgan fingerprint density at radius 1 is 0.341 bits per heavy atom. The van der Waals surface area contributed by atoms with Crippen LogP contribution < -0.4 is 0 Å². The van der Waals surface area contributed by atoms with Crippen molar-refractivity contribution in [1.29, 1.82) is 0 Å². The maximum atomic E-state index is 9.78. The van der Waals surface area contributed by atoms with Crippen molar-refractivity contribution in [3.05, 3.63) is 169 Å². The smallest absolute Gasteiger partial charge is 0.0652 e. The van der Waals surface area contributed by atoms with Crippen LogP contribution in [0.15, 0.2) is 169 Å². The number of aromatic nitrogens is 2. The standard InChI is InChI=1S/C42H28N2/c1-2-12-29(13-3-1)30-14-10-15-31(26-30)32-16-11-17-33(27-32)43-41-23-9-6-20-37(41)38-28-34(24-25-42(38)43)44-39-21-7-4-18-35(39)36-19-5-8-22-40(36)44/h1-28H/i1D,2D,3D,6D,9D,10D,12D,13D,14D,15D,16D,17D,20D,23D,24D,25D,26D,27D,28D. The van der Waals surface area contributed by atoms with E-state index in [2.05, 4.69) is 0 Å². The van der Waals surface area contributed by atoms with Crippen LogP contribution in [-0.2, 0) is 0 Å². The molecule has 0 aliphatic heterocycles. The van der Waals surface area contributed by atoms with Crippen LogP contribution in [0.25, 0.3) is 77.2 Å². The van der Waals surface area contributed by atoms with E-state index >= 15 is 0 Å². The van der Waals surface area contributed by atoms with E-state index < -0.39 is 143 Å². The summed E-state index contributed by atoms with van der Waals surface area (Å²) in [5.74, 6) is 0. The van der Waals surface area contributed by atoms with Gasteiger partial charge in [0.15, 0.2) is 0 Å². The SMILES string of the molecule is [2H]c1cc([2H])c(-n2c3c([2H])c([2H])c([2H])c([2H])c3c3c([2H])c(-n4c5ccccc5c5ccccc54)c([2H])c([2H])c32)c([2H])c1-c1c([2H])c([2H])c([2H])c(-c2c([2H])c([2H])c([2H])c([2H])c2[2H])c1[2H]. The number of para-hydroxylation sites is 3. The van der Waals surface area contributed by atoms with Crippen LogP contribution in [-0.4, -0.2) is 9.13 Å². The first kappa shape index (κ1) is 12.4. The minimum absolute atomic E-state index is 0.0907. The van der Waals surface area contributed by atoms with Crippen molar-refractivity contribution < 1.29 is 26.0 Å². The molecule has 9 aromatic rings. The zero-order valence-corrected chi connectivity index (χ0v) is 22.6. The maximum Gasteiger partial charge on any atom is 0.0652 e. The summed E-state index contributed by atoms with van der Waals surface area (Å²) < 4.78 is 172. The second-order valence-electron chi connectivity index (χ2n) is 9.91. The van der Waals surface area contributed by atoms with E-state index in [0.717, 1.165) is 21.4 Å². The molecule has 7 aromatic carbocycles. The second-order valence-corrected chi connectivity index (χ2v) is 9.91. The molecule has 0 N–H and O–H groups in total. The third-order valence-electron chi connectivity index (χ3n) is 7.47. The molecule has 0 fully saturated rings. The molecule has 0 aliphatic rings. The topological polar surface area (TPSA) is 9.86 Å². The van der Waals surface area contributed by atoms with Gasteiger partial charge in [0.25, 0.3) is 0 Å². The summed E-state index contributed by atoms with van der Waals surface area (Å²) in [6.07, 6.45) is 0. The molecular formula is C42H28N2. The van der Waals surface area contributed by atoms with Crippen LogP contribution in [0.3, 0.4) is 0 Å². The molecule has 9 rings (SSSR count). The van der Waals surface area contributed by atoms with Gasteiger partial charge in [0.1, 0.15) is 0 Å². The molecule has 0 spiro atoms. The molecule has 0 radical (unpaired) electrons. The van der Waals surface area contributed by atoms with Gasteiger partial charge in [0.05, 0.1) is 48.1 Å². The predicted molar refractivity (Wildman–Crippen MR) is 186 cm³/mol. The quantitative estimate of drug-likeness (QED) is 0.196. The van der Waals surface area contributed by atoms with E-state index in [0.29, 0.717) is 11.0 Å².